The van der Waals surface area contributed by atoms with Crippen LogP contribution in [0.25, 0.3) is 11.6 Å². The highest BCUT2D eigenvalue weighted by Crippen LogP contribution is 2.33. The van der Waals surface area contributed by atoms with Crippen molar-refractivity contribution >= 4 is 17.6 Å². The fourth-order valence-electron chi connectivity index (χ4n) is 2.23. The highest BCUT2D eigenvalue weighted by atomic mass is 16.5. The van der Waals surface area contributed by atoms with Crippen LogP contribution in [-0.2, 0) is 4.79 Å². The first-order valence-corrected chi connectivity index (χ1v) is 7.04. The van der Waals surface area contributed by atoms with E-state index >= 15 is 0 Å². The largest absolute Gasteiger partial charge is 0.504 e. The smallest absolute Gasteiger partial charge is 0.336 e. The minimum Gasteiger partial charge on any atom is -0.504 e. The molecule has 0 saturated heterocycles. The maximum atomic E-state index is 11.7. The van der Waals surface area contributed by atoms with Crippen molar-refractivity contribution in [3.8, 4) is 23.0 Å². The van der Waals surface area contributed by atoms with Gasteiger partial charge < -0.3 is 24.4 Å². The number of phenolic OH excluding ortho intramolecular Hbond substituents is 1. The number of aliphatic carboxylic acids is 1. The Kier molecular flexibility index (Phi) is 5.31. The summed E-state index contributed by atoms with van der Waals surface area (Å²) in [5, 5.41) is 19.2. The van der Waals surface area contributed by atoms with E-state index in [1.807, 2.05) is 0 Å². The molecule has 0 aliphatic carbocycles. The van der Waals surface area contributed by atoms with Gasteiger partial charge in [0.05, 0.1) is 26.9 Å². The third kappa shape index (κ3) is 3.60. The molecule has 0 bridgehead atoms. The second-order valence-corrected chi connectivity index (χ2v) is 4.86. The number of benzene rings is 2. The Morgan fingerprint density at radius 1 is 0.958 bits per heavy atom. The molecule has 0 aliphatic heterocycles. The molecule has 0 aromatic heterocycles. The van der Waals surface area contributed by atoms with E-state index in [1.165, 1.54) is 33.5 Å². The van der Waals surface area contributed by atoms with E-state index in [4.69, 9.17) is 14.2 Å². The van der Waals surface area contributed by atoms with Gasteiger partial charge in [-0.3, -0.25) is 0 Å². The summed E-state index contributed by atoms with van der Waals surface area (Å²) in [5.41, 5.74) is 1.03. The van der Waals surface area contributed by atoms with E-state index in [0.29, 0.717) is 22.6 Å². The maximum absolute atomic E-state index is 11.7. The second kappa shape index (κ2) is 7.41. The Morgan fingerprint density at radius 2 is 1.67 bits per heavy atom. The molecule has 6 nitrogen and oxygen atoms in total. The lowest BCUT2D eigenvalue weighted by Crippen LogP contribution is -2.02. The van der Waals surface area contributed by atoms with Crippen molar-refractivity contribution in [1.29, 1.82) is 0 Å². The summed E-state index contributed by atoms with van der Waals surface area (Å²) in [5.74, 6) is 0.0784. The van der Waals surface area contributed by atoms with E-state index in [9.17, 15) is 15.0 Å². The van der Waals surface area contributed by atoms with Crippen molar-refractivity contribution in [3.05, 3.63) is 47.5 Å². The van der Waals surface area contributed by atoms with Crippen LogP contribution in [0.2, 0.25) is 0 Å². The van der Waals surface area contributed by atoms with E-state index in [2.05, 4.69) is 0 Å². The molecule has 0 atom stereocenters. The minimum absolute atomic E-state index is 0.0199. The van der Waals surface area contributed by atoms with Gasteiger partial charge in [-0.25, -0.2) is 4.79 Å². The molecule has 0 aliphatic rings. The number of aromatic hydroxyl groups is 1. The highest BCUT2D eigenvalue weighted by Gasteiger charge is 2.16. The predicted octanol–water partition coefficient (Wildman–Crippen LogP) is 3.04. The third-order valence-corrected chi connectivity index (χ3v) is 3.44. The summed E-state index contributed by atoms with van der Waals surface area (Å²) in [6.07, 6.45) is 1.48. The number of hydrogen-bond donors (Lipinski definition) is 2. The summed E-state index contributed by atoms with van der Waals surface area (Å²) in [7, 11) is 4.40. The molecular weight excluding hydrogens is 312 g/mol. The lowest BCUT2D eigenvalue weighted by molar-refractivity contribution is -0.130. The summed E-state index contributed by atoms with van der Waals surface area (Å²) < 4.78 is 15.4. The van der Waals surface area contributed by atoms with E-state index in [1.54, 1.807) is 30.3 Å². The molecule has 2 rings (SSSR count). The lowest BCUT2D eigenvalue weighted by Gasteiger charge is -2.11. The second-order valence-electron chi connectivity index (χ2n) is 4.86. The summed E-state index contributed by atoms with van der Waals surface area (Å²) in [6, 6.07) is 9.48. The number of carboxylic acid groups (broad SMARTS) is 1. The van der Waals surface area contributed by atoms with E-state index in [0.717, 1.165) is 0 Å². The first-order chi connectivity index (χ1) is 11.5. The molecule has 0 heterocycles. The highest BCUT2D eigenvalue weighted by molar-refractivity contribution is 6.21. The average Bonchev–Trinajstić information content (AvgIpc) is 2.60. The van der Waals surface area contributed by atoms with Gasteiger partial charge >= 0.3 is 5.97 Å². The Hall–Kier alpha value is -3.15. The van der Waals surface area contributed by atoms with Crippen LogP contribution < -0.4 is 14.2 Å². The molecule has 0 amide bonds. The average molecular weight is 330 g/mol. The quantitative estimate of drug-likeness (QED) is 0.625. The number of rotatable bonds is 6. The first-order valence-electron chi connectivity index (χ1n) is 7.04. The third-order valence-electron chi connectivity index (χ3n) is 3.44. The van der Waals surface area contributed by atoms with Gasteiger partial charge in [-0.05, 0) is 35.9 Å². The Bertz CT molecular complexity index is 779. The number of hydrogen-bond acceptors (Lipinski definition) is 5. The van der Waals surface area contributed by atoms with Crippen LogP contribution >= 0.6 is 0 Å². The molecule has 6 heteroatoms. The predicted molar refractivity (Wildman–Crippen MR) is 89.7 cm³/mol. The number of methoxy groups -OCH3 is 3. The number of carbonyl (C=O) groups is 1. The van der Waals surface area contributed by atoms with Crippen LogP contribution in [0.5, 0.6) is 23.0 Å². The van der Waals surface area contributed by atoms with Crippen LogP contribution in [0.3, 0.4) is 0 Å². The molecule has 2 aromatic rings. The summed E-state index contributed by atoms with van der Waals surface area (Å²) in [6.45, 7) is 0. The number of ether oxygens (including phenoxy) is 3. The van der Waals surface area contributed by atoms with Crippen LogP contribution in [0.15, 0.2) is 36.4 Å². The Morgan fingerprint density at radius 3 is 2.25 bits per heavy atom. The van der Waals surface area contributed by atoms with E-state index in [-0.39, 0.29) is 17.1 Å². The van der Waals surface area contributed by atoms with Gasteiger partial charge in [0, 0.05) is 11.6 Å². The van der Waals surface area contributed by atoms with Crippen LogP contribution in [-0.4, -0.2) is 37.5 Å². The van der Waals surface area contributed by atoms with Gasteiger partial charge in [0.1, 0.15) is 11.5 Å². The molecule has 24 heavy (non-hydrogen) atoms. The normalized spacial score (nSPS) is 11.0. The van der Waals surface area contributed by atoms with Gasteiger partial charge in [-0.2, -0.15) is 0 Å². The number of phenols is 1. The minimum atomic E-state index is -1.11. The van der Waals surface area contributed by atoms with Crippen LogP contribution in [0, 0.1) is 0 Å². The van der Waals surface area contributed by atoms with Crippen LogP contribution in [0.1, 0.15) is 11.1 Å². The monoisotopic (exact) mass is 330 g/mol. The van der Waals surface area contributed by atoms with Gasteiger partial charge in [-0.1, -0.05) is 6.07 Å². The van der Waals surface area contributed by atoms with Crippen molar-refractivity contribution in [3.63, 3.8) is 0 Å². The number of carboxylic acids is 1. The SMILES string of the molecule is COc1ccc(/C(=C/c2ccc(O)c(OC)c2)C(=O)O)c(OC)c1. The zero-order valence-corrected chi connectivity index (χ0v) is 13.6. The fourth-order valence-corrected chi connectivity index (χ4v) is 2.23. The Balaban J connectivity index is 2.56. The molecule has 0 fully saturated rings. The van der Waals surface area contributed by atoms with Crippen LogP contribution in [0.4, 0.5) is 0 Å². The van der Waals surface area contributed by atoms with Crippen molar-refractivity contribution < 1.29 is 29.2 Å². The fraction of sp³-hybridized carbons (Fsp3) is 0.167. The van der Waals surface area contributed by atoms with Gasteiger partial charge in [0.25, 0.3) is 0 Å². The Labute approximate surface area is 139 Å². The first kappa shape index (κ1) is 17.2. The molecule has 126 valence electrons. The van der Waals surface area contributed by atoms with Gasteiger partial charge in [0.2, 0.25) is 0 Å². The maximum Gasteiger partial charge on any atom is 0.336 e. The molecule has 0 unspecified atom stereocenters. The van der Waals surface area contributed by atoms with Crippen molar-refractivity contribution in [2.24, 2.45) is 0 Å². The molecule has 2 N–H and O–H groups in total. The summed E-state index contributed by atoms with van der Waals surface area (Å²) in [4.78, 5) is 11.7. The summed E-state index contributed by atoms with van der Waals surface area (Å²) >= 11 is 0. The molecule has 2 aromatic carbocycles. The zero-order chi connectivity index (χ0) is 17.7. The van der Waals surface area contributed by atoms with Crippen molar-refractivity contribution in [2.75, 3.05) is 21.3 Å². The van der Waals surface area contributed by atoms with Gasteiger partial charge in [0.15, 0.2) is 11.5 Å². The molecular formula is C18H18O6. The molecule has 0 saturated carbocycles. The van der Waals surface area contributed by atoms with Crippen molar-refractivity contribution in [1.82, 2.24) is 0 Å². The molecule has 0 spiro atoms. The topological polar surface area (TPSA) is 85.2 Å². The van der Waals surface area contributed by atoms with Gasteiger partial charge in [-0.15, -0.1) is 0 Å². The zero-order valence-electron chi connectivity index (χ0n) is 13.6. The lowest BCUT2D eigenvalue weighted by atomic mass is 10.0. The van der Waals surface area contributed by atoms with Crippen molar-refractivity contribution in [2.45, 2.75) is 0 Å². The standard InChI is InChI=1S/C18H18O6/c1-22-12-5-6-13(16(10-12)23-2)14(18(20)21)8-11-4-7-15(19)17(9-11)24-3/h4-10,19H,1-3H3,(H,20,21)/b14-8-. The van der Waals surface area contributed by atoms with E-state index < -0.39 is 5.97 Å². The molecule has 0 radical (unpaired) electrons.